The second-order valence-corrected chi connectivity index (χ2v) is 2.83. The van der Waals surface area contributed by atoms with Crippen LogP contribution in [0.25, 0.3) is 0 Å². The first kappa shape index (κ1) is 10.2. The van der Waals surface area contributed by atoms with E-state index in [1.54, 1.807) is 0 Å². The van der Waals surface area contributed by atoms with Crippen molar-refractivity contribution in [1.29, 1.82) is 0 Å². The number of non-ortho nitro benzene ring substituents is 1. The third kappa shape index (κ3) is 1.89. The van der Waals surface area contributed by atoms with Crippen molar-refractivity contribution in [2.45, 2.75) is 6.04 Å². The van der Waals surface area contributed by atoms with Crippen LogP contribution in [0.4, 0.5) is 11.4 Å². The van der Waals surface area contributed by atoms with Crippen molar-refractivity contribution in [1.82, 2.24) is 0 Å². The minimum atomic E-state index is -0.487. The number of hydrogen-bond donors (Lipinski definition) is 2. The molecule has 14 heavy (non-hydrogen) atoms. The summed E-state index contributed by atoms with van der Waals surface area (Å²) in [6.45, 7) is 3.50. The number of hydrogen-bond acceptors (Lipinski definition) is 4. The SMILES string of the molecule is C=CC(N)c1cc([N+](=O)[O-])ccc1N. The van der Waals surface area contributed by atoms with Crippen molar-refractivity contribution in [2.24, 2.45) is 5.73 Å². The van der Waals surface area contributed by atoms with Crippen molar-refractivity contribution in [3.8, 4) is 0 Å². The first-order valence-electron chi connectivity index (χ1n) is 3.98. The Kier molecular flexibility index (Phi) is 2.83. The van der Waals surface area contributed by atoms with Crippen LogP contribution < -0.4 is 11.5 Å². The second-order valence-electron chi connectivity index (χ2n) is 2.83. The van der Waals surface area contributed by atoms with Gasteiger partial charge in [0.25, 0.3) is 5.69 Å². The molecule has 0 saturated heterocycles. The largest absolute Gasteiger partial charge is 0.398 e. The molecule has 0 spiro atoms. The average Bonchev–Trinajstić information content (AvgIpc) is 2.17. The first-order chi connectivity index (χ1) is 6.56. The molecule has 1 aromatic rings. The molecule has 5 heteroatoms. The summed E-state index contributed by atoms with van der Waals surface area (Å²) in [5.74, 6) is 0. The molecule has 0 radical (unpaired) electrons. The summed E-state index contributed by atoms with van der Waals surface area (Å²) < 4.78 is 0. The van der Waals surface area contributed by atoms with E-state index in [1.165, 1.54) is 24.3 Å². The average molecular weight is 193 g/mol. The van der Waals surface area contributed by atoms with E-state index >= 15 is 0 Å². The van der Waals surface area contributed by atoms with E-state index in [1.807, 2.05) is 0 Å². The summed E-state index contributed by atoms with van der Waals surface area (Å²) in [4.78, 5) is 9.99. The van der Waals surface area contributed by atoms with Gasteiger partial charge in [0.2, 0.25) is 0 Å². The van der Waals surface area contributed by atoms with Gasteiger partial charge in [0.05, 0.1) is 11.0 Å². The van der Waals surface area contributed by atoms with Crippen LogP contribution in [0.5, 0.6) is 0 Å². The van der Waals surface area contributed by atoms with Gasteiger partial charge in [-0.05, 0) is 6.07 Å². The molecule has 0 aliphatic rings. The predicted molar refractivity (Wildman–Crippen MR) is 54.6 cm³/mol. The van der Waals surface area contributed by atoms with E-state index in [-0.39, 0.29) is 5.69 Å². The predicted octanol–water partition coefficient (Wildman–Crippen LogP) is 1.36. The number of nitrogens with two attached hydrogens (primary N) is 2. The minimum absolute atomic E-state index is 0.0218. The molecule has 0 fully saturated rings. The second kappa shape index (κ2) is 3.89. The molecular weight excluding hydrogens is 182 g/mol. The molecule has 0 amide bonds. The van der Waals surface area contributed by atoms with Crippen LogP contribution in [0, 0.1) is 10.1 Å². The van der Waals surface area contributed by atoms with Gasteiger partial charge in [-0.1, -0.05) is 6.08 Å². The lowest BCUT2D eigenvalue weighted by atomic mass is 10.1. The van der Waals surface area contributed by atoms with Crippen LogP contribution in [0.3, 0.4) is 0 Å². The molecule has 74 valence electrons. The summed E-state index contributed by atoms with van der Waals surface area (Å²) in [5, 5.41) is 10.5. The quantitative estimate of drug-likeness (QED) is 0.328. The standard InChI is InChI=1S/C9H11N3O2/c1-2-8(10)7-5-6(12(13)14)3-4-9(7)11/h2-5,8H,1,10-11H2. The summed E-state index contributed by atoms with van der Waals surface area (Å²) >= 11 is 0. The monoisotopic (exact) mass is 193 g/mol. The van der Waals surface area contributed by atoms with Crippen molar-refractivity contribution >= 4 is 11.4 Å². The normalized spacial score (nSPS) is 12.1. The fourth-order valence-electron chi connectivity index (χ4n) is 1.09. The van der Waals surface area contributed by atoms with E-state index < -0.39 is 11.0 Å². The Balaban J connectivity index is 3.20. The van der Waals surface area contributed by atoms with Crippen molar-refractivity contribution < 1.29 is 4.92 Å². The Morgan fingerprint density at radius 1 is 1.57 bits per heavy atom. The Hall–Kier alpha value is -1.88. The number of rotatable bonds is 3. The maximum atomic E-state index is 10.5. The highest BCUT2D eigenvalue weighted by Crippen LogP contribution is 2.24. The maximum Gasteiger partial charge on any atom is 0.269 e. The van der Waals surface area contributed by atoms with Crippen LogP contribution in [-0.4, -0.2) is 4.92 Å². The number of anilines is 1. The lowest BCUT2D eigenvalue weighted by Crippen LogP contribution is -2.09. The van der Waals surface area contributed by atoms with Crippen molar-refractivity contribution in [3.05, 3.63) is 46.5 Å². The molecule has 4 N–H and O–H groups in total. The van der Waals surface area contributed by atoms with Crippen LogP contribution in [-0.2, 0) is 0 Å². The number of benzene rings is 1. The fraction of sp³-hybridized carbons (Fsp3) is 0.111. The zero-order valence-corrected chi connectivity index (χ0v) is 7.51. The van der Waals surface area contributed by atoms with Gasteiger partial charge in [-0.3, -0.25) is 10.1 Å². The van der Waals surface area contributed by atoms with Gasteiger partial charge in [0.1, 0.15) is 0 Å². The van der Waals surface area contributed by atoms with Gasteiger partial charge in [-0.15, -0.1) is 6.58 Å². The summed E-state index contributed by atoms with van der Waals surface area (Å²) in [5.41, 5.74) is 12.2. The Labute approximate surface area is 81.2 Å². The van der Waals surface area contributed by atoms with E-state index in [4.69, 9.17) is 11.5 Å². The Morgan fingerprint density at radius 3 is 2.71 bits per heavy atom. The van der Waals surface area contributed by atoms with Crippen LogP contribution >= 0.6 is 0 Å². The van der Waals surface area contributed by atoms with Crippen LogP contribution in [0.1, 0.15) is 11.6 Å². The Bertz CT molecular complexity index is 376. The van der Waals surface area contributed by atoms with E-state index in [0.29, 0.717) is 11.3 Å². The molecule has 1 rings (SSSR count). The first-order valence-corrected chi connectivity index (χ1v) is 3.98. The number of nitro groups is 1. The topological polar surface area (TPSA) is 95.2 Å². The highest BCUT2D eigenvalue weighted by Gasteiger charge is 2.12. The van der Waals surface area contributed by atoms with E-state index in [0.717, 1.165) is 0 Å². The zero-order valence-electron chi connectivity index (χ0n) is 7.51. The molecule has 0 aromatic heterocycles. The number of nitro benzene ring substituents is 1. The van der Waals surface area contributed by atoms with Gasteiger partial charge >= 0.3 is 0 Å². The molecule has 0 aliphatic carbocycles. The maximum absolute atomic E-state index is 10.5. The van der Waals surface area contributed by atoms with Crippen LogP contribution in [0.15, 0.2) is 30.9 Å². The van der Waals surface area contributed by atoms with Gasteiger partial charge < -0.3 is 11.5 Å². The number of nitrogens with zero attached hydrogens (tertiary/aromatic N) is 1. The van der Waals surface area contributed by atoms with Crippen LogP contribution in [0.2, 0.25) is 0 Å². The van der Waals surface area contributed by atoms with E-state index in [9.17, 15) is 10.1 Å². The highest BCUT2D eigenvalue weighted by molar-refractivity contribution is 5.54. The molecule has 0 saturated carbocycles. The molecule has 1 aromatic carbocycles. The third-order valence-corrected chi connectivity index (χ3v) is 1.89. The molecular formula is C9H11N3O2. The van der Waals surface area contributed by atoms with Crippen molar-refractivity contribution in [2.75, 3.05) is 5.73 Å². The fourth-order valence-corrected chi connectivity index (χ4v) is 1.09. The van der Waals surface area contributed by atoms with Gasteiger partial charge in [0.15, 0.2) is 0 Å². The molecule has 1 unspecified atom stereocenters. The third-order valence-electron chi connectivity index (χ3n) is 1.89. The summed E-state index contributed by atoms with van der Waals surface area (Å²) in [7, 11) is 0. The van der Waals surface area contributed by atoms with Gasteiger partial charge in [0, 0.05) is 23.4 Å². The van der Waals surface area contributed by atoms with Gasteiger partial charge in [-0.25, -0.2) is 0 Å². The highest BCUT2D eigenvalue weighted by atomic mass is 16.6. The number of nitrogen functional groups attached to an aromatic ring is 1. The zero-order chi connectivity index (χ0) is 10.7. The molecule has 0 bridgehead atoms. The Morgan fingerprint density at radius 2 is 2.21 bits per heavy atom. The summed E-state index contributed by atoms with van der Waals surface area (Å²) in [6, 6.07) is 3.70. The van der Waals surface area contributed by atoms with E-state index in [2.05, 4.69) is 6.58 Å². The lowest BCUT2D eigenvalue weighted by Gasteiger charge is -2.09. The lowest BCUT2D eigenvalue weighted by molar-refractivity contribution is -0.384. The van der Waals surface area contributed by atoms with Crippen molar-refractivity contribution in [3.63, 3.8) is 0 Å². The smallest absolute Gasteiger partial charge is 0.269 e. The van der Waals surface area contributed by atoms with Gasteiger partial charge in [-0.2, -0.15) is 0 Å². The molecule has 0 aliphatic heterocycles. The summed E-state index contributed by atoms with van der Waals surface area (Å²) in [6.07, 6.45) is 1.48. The molecule has 5 nitrogen and oxygen atoms in total. The molecule has 0 heterocycles. The molecule has 1 atom stereocenters. The minimum Gasteiger partial charge on any atom is -0.398 e.